The van der Waals surface area contributed by atoms with Crippen molar-refractivity contribution in [2.75, 3.05) is 13.1 Å². The molecule has 1 heterocycles. The summed E-state index contributed by atoms with van der Waals surface area (Å²) in [5.74, 6) is -0.324. The lowest BCUT2D eigenvalue weighted by atomic mass is 9.90. The Kier molecular flexibility index (Phi) is 4.59. The van der Waals surface area contributed by atoms with Crippen LogP contribution in [0.2, 0.25) is 0 Å². The molecule has 21 heavy (non-hydrogen) atoms. The molecule has 0 bridgehead atoms. The SMILES string of the molecule is O=C(O)CC1CCCN(C2CCCCc3ccccc32)C1. The van der Waals surface area contributed by atoms with E-state index in [1.807, 2.05) is 0 Å². The van der Waals surface area contributed by atoms with Gasteiger partial charge in [-0.2, -0.15) is 0 Å². The van der Waals surface area contributed by atoms with Gasteiger partial charge >= 0.3 is 5.97 Å². The van der Waals surface area contributed by atoms with Gasteiger partial charge in [-0.05, 0) is 55.7 Å². The van der Waals surface area contributed by atoms with Crippen LogP contribution in [0.5, 0.6) is 0 Å². The first-order valence-corrected chi connectivity index (χ1v) is 8.27. The van der Waals surface area contributed by atoms with Gasteiger partial charge in [-0.25, -0.2) is 0 Å². The number of piperidine rings is 1. The third kappa shape index (κ3) is 3.46. The Bertz CT molecular complexity index is 500. The summed E-state index contributed by atoms with van der Waals surface area (Å²) < 4.78 is 0. The molecule has 0 radical (unpaired) electrons. The van der Waals surface area contributed by atoms with Crippen LogP contribution in [-0.4, -0.2) is 29.1 Å². The maximum Gasteiger partial charge on any atom is 0.303 e. The molecule has 0 saturated carbocycles. The number of likely N-dealkylation sites (tertiary alicyclic amines) is 1. The normalized spacial score (nSPS) is 26.9. The second-order valence-corrected chi connectivity index (χ2v) is 6.56. The summed E-state index contributed by atoms with van der Waals surface area (Å²) in [5.41, 5.74) is 2.99. The fourth-order valence-corrected chi connectivity index (χ4v) is 4.07. The average molecular weight is 287 g/mol. The molecule has 1 N–H and O–H groups in total. The number of carboxylic acid groups (broad SMARTS) is 1. The predicted molar refractivity (Wildman–Crippen MR) is 83.3 cm³/mol. The van der Waals surface area contributed by atoms with Crippen LogP contribution in [-0.2, 0) is 11.2 Å². The monoisotopic (exact) mass is 287 g/mol. The Labute approximate surface area is 127 Å². The first-order chi connectivity index (χ1) is 10.2. The van der Waals surface area contributed by atoms with Gasteiger partial charge in [0.1, 0.15) is 0 Å². The number of nitrogens with zero attached hydrogens (tertiary/aromatic N) is 1. The van der Waals surface area contributed by atoms with Gasteiger partial charge in [-0.1, -0.05) is 30.7 Å². The number of carboxylic acids is 1. The summed E-state index contributed by atoms with van der Waals surface area (Å²) in [6, 6.07) is 9.35. The van der Waals surface area contributed by atoms with E-state index >= 15 is 0 Å². The molecule has 1 aromatic rings. The summed E-state index contributed by atoms with van der Waals surface area (Å²) in [6.07, 6.45) is 7.49. The van der Waals surface area contributed by atoms with Crippen LogP contribution < -0.4 is 0 Å². The minimum Gasteiger partial charge on any atom is -0.481 e. The molecule has 1 saturated heterocycles. The first kappa shape index (κ1) is 14.6. The van der Waals surface area contributed by atoms with E-state index in [9.17, 15) is 4.79 Å². The van der Waals surface area contributed by atoms with Crippen LogP contribution in [0.3, 0.4) is 0 Å². The molecule has 114 valence electrons. The van der Waals surface area contributed by atoms with Crippen LogP contribution in [0, 0.1) is 5.92 Å². The van der Waals surface area contributed by atoms with E-state index in [-0.39, 0.29) is 0 Å². The largest absolute Gasteiger partial charge is 0.481 e. The Balaban J connectivity index is 1.77. The zero-order valence-corrected chi connectivity index (χ0v) is 12.6. The number of rotatable bonds is 3. The number of carbonyl (C=O) groups is 1. The van der Waals surface area contributed by atoms with Gasteiger partial charge in [0.15, 0.2) is 0 Å². The summed E-state index contributed by atoms with van der Waals surface area (Å²) in [4.78, 5) is 13.5. The molecule has 1 fully saturated rings. The van der Waals surface area contributed by atoms with Crippen molar-refractivity contribution in [2.45, 2.75) is 51.0 Å². The molecule has 1 aliphatic heterocycles. The molecule has 0 spiro atoms. The van der Waals surface area contributed by atoms with Crippen LogP contribution in [0.25, 0.3) is 0 Å². The summed E-state index contributed by atoms with van der Waals surface area (Å²) >= 11 is 0. The molecule has 3 heteroatoms. The molecule has 2 unspecified atom stereocenters. The number of benzene rings is 1. The third-order valence-electron chi connectivity index (χ3n) is 5.04. The Morgan fingerprint density at radius 3 is 2.90 bits per heavy atom. The highest BCUT2D eigenvalue weighted by Gasteiger charge is 2.29. The maximum atomic E-state index is 11.0. The minimum absolute atomic E-state index is 0.324. The smallest absolute Gasteiger partial charge is 0.303 e. The minimum atomic E-state index is -0.650. The Morgan fingerprint density at radius 2 is 2.05 bits per heavy atom. The van der Waals surface area contributed by atoms with Gasteiger partial charge in [0.2, 0.25) is 0 Å². The van der Waals surface area contributed by atoms with Crippen molar-refractivity contribution in [3.05, 3.63) is 35.4 Å². The lowest BCUT2D eigenvalue weighted by Crippen LogP contribution is -2.39. The van der Waals surface area contributed by atoms with Crippen molar-refractivity contribution < 1.29 is 9.90 Å². The van der Waals surface area contributed by atoms with E-state index in [1.165, 1.54) is 36.8 Å². The van der Waals surface area contributed by atoms with E-state index in [0.29, 0.717) is 18.4 Å². The first-order valence-electron chi connectivity index (χ1n) is 8.27. The summed E-state index contributed by atoms with van der Waals surface area (Å²) in [5, 5.41) is 9.05. The van der Waals surface area contributed by atoms with E-state index in [2.05, 4.69) is 29.2 Å². The second-order valence-electron chi connectivity index (χ2n) is 6.56. The average Bonchev–Trinajstić information content (AvgIpc) is 2.69. The Morgan fingerprint density at radius 1 is 1.19 bits per heavy atom. The van der Waals surface area contributed by atoms with Crippen molar-refractivity contribution in [3.63, 3.8) is 0 Å². The maximum absolute atomic E-state index is 11.0. The van der Waals surface area contributed by atoms with Gasteiger partial charge < -0.3 is 5.11 Å². The third-order valence-corrected chi connectivity index (χ3v) is 5.04. The molecule has 1 aliphatic carbocycles. The van der Waals surface area contributed by atoms with E-state index < -0.39 is 5.97 Å². The molecule has 0 aromatic heterocycles. The second kappa shape index (κ2) is 6.61. The highest BCUT2D eigenvalue weighted by atomic mass is 16.4. The quantitative estimate of drug-likeness (QED) is 0.863. The van der Waals surface area contributed by atoms with Gasteiger partial charge in [0, 0.05) is 19.0 Å². The summed E-state index contributed by atoms with van der Waals surface area (Å²) in [6.45, 7) is 2.07. The Hall–Kier alpha value is -1.35. The van der Waals surface area contributed by atoms with Crippen molar-refractivity contribution in [3.8, 4) is 0 Å². The van der Waals surface area contributed by atoms with E-state index in [0.717, 1.165) is 25.9 Å². The molecule has 3 rings (SSSR count). The van der Waals surface area contributed by atoms with Crippen LogP contribution >= 0.6 is 0 Å². The number of hydrogen-bond donors (Lipinski definition) is 1. The van der Waals surface area contributed by atoms with Crippen LogP contribution in [0.1, 0.15) is 55.7 Å². The van der Waals surface area contributed by atoms with Gasteiger partial charge in [0.05, 0.1) is 0 Å². The summed E-state index contributed by atoms with van der Waals surface area (Å²) in [7, 11) is 0. The topological polar surface area (TPSA) is 40.5 Å². The van der Waals surface area contributed by atoms with Crippen molar-refractivity contribution in [1.29, 1.82) is 0 Å². The van der Waals surface area contributed by atoms with Gasteiger partial charge in [-0.3, -0.25) is 9.69 Å². The van der Waals surface area contributed by atoms with Crippen LogP contribution in [0.15, 0.2) is 24.3 Å². The molecule has 3 nitrogen and oxygen atoms in total. The van der Waals surface area contributed by atoms with Gasteiger partial charge in [-0.15, -0.1) is 0 Å². The van der Waals surface area contributed by atoms with Crippen LogP contribution in [0.4, 0.5) is 0 Å². The number of hydrogen-bond acceptors (Lipinski definition) is 2. The molecule has 2 atom stereocenters. The number of fused-ring (bicyclic) bond motifs is 1. The van der Waals surface area contributed by atoms with E-state index in [4.69, 9.17) is 5.11 Å². The lowest BCUT2D eigenvalue weighted by molar-refractivity contribution is -0.138. The highest BCUT2D eigenvalue weighted by molar-refractivity contribution is 5.67. The fourth-order valence-electron chi connectivity index (χ4n) is 4.07. The predicted octanol–water partition coefficient (Wildman–Crippen LogP) is 3.64. The van der Waals surface area contributed by atoms with Crippen molar-refractivity contribution in [1.82, 2.24) is 4.90 Å². The molecular formula is C18H25NO2. The highest BCUT2D eigenvalue weighted by Crippen LogP contribution is 2.36. The number of aryl methyl sites for hydroxylation is 1. The molecule has 2 aliphatic rings. The standard InChI is InChI=1S/C18H25NO2/c20-18(21)12-14-6-5-11-19(13-14)17-10-4-2-8-15-7-1-3-9-16(15)17/h1,3,7,9,14,17H,2,4-6,8,10-13H2,(H,20,21). The van der Waals surface area contributed by atoms with Gasteiger partial charge in [0.25, 0.3) is 0 Å². The lowest BCUT2D eigenvalue weighted by Gasteiger charge is -2.38. The fraction of sp³-hybridized carbons (Fsp3) is 0.611. The molecule has 0 amide bonds. The zero-order valence-electron chi connectivity index (χ0n) is 12.6. The number of aliphatic carboxylic acids is 1. The molecule has 1 aromatic carbocycles. The van der Waals surface area contributed by atoms with E-state index in [1.54, 1.807) is 0 Å². The molecular weight excluding hydrogens is 262 g/mol. The zero-order chi connectivity index (χ0) is 14.7. The van der Waals surface area contributed by atoms with Crippen molar-refractivity contribution in [2.24, 2.45) is 5.92 Å². The van der Waals surface area contributed by atoms with Crippen molar-refractivity contribution >= 4 is 5.97 Å².